The number of hydrogen-bond donors (Lipinski definition) is 1. The van der Waals surface area contributed by atoms with Crippen LogP contribution >= 0.6 is 0 Å². The highest BCUT2D eigenvalue weighted by atomic mass is 16.2. The quantitative estimate of drug-likeness (QED) is 0.676. The first-order valence-corrected chi connectivity index (χ1v) is 7.20. The van der Waals surface area contributed by atoms with Crippen molar-refractivity contribution in [2.75, 3.05) is 26.2 Å². The SMILES string of the molecule is CCC1CCCN(CCCCCCO)CC1. The van der Waals surface area contributed by atoms with E-state index in [2.05, 4.69) is 11.8 Å². The van der Waals surface area contributed by atoms with Crippen LogP contribution in [0.2, 0.25) is 0 Å². The second kappa shape index (κ2) is 9.00. The van der Waals surface area contributed by atoms with Gasteiger partial charge >= 0.3 is 0 Å². The number of hydrogen-bond acceptors (Lipinski definition) is 2. The Morgan fingerprint density at radius 1 is 1.06 bits per heavy atom. The van der Waals surface area contributed by atoms with Crippen LogP contribution in [-0.2, 0) is 0 Å². The molecule has 2 nitrogen and oxygen atoms in total. The largest absolute Gasteiger partial charge is 0.396 e. The molecule has 0 saturated carbocycles. The molecule has 0 aromatic rings. The van der Waals surface area contributed by atoms with E-state index in [9.17, 15) is 0 Å². The van der Waals surface area contributed by atoms with Gasteiger partial charge in [0.25, 0.3) is 0 Å². The van der Waals surface area contributed by atoms with E-state index in [1.807, 2.05) is 0 Å². The first-order valence-electron chi connectivity index (χ1n) is 7.20. The topological polar surface area (TPSA) is 23.5 Å². The van der Waals surface area contributed by atoms with Crippen LogP contribution in [0.5, 0.6) is 0 Å². The molecule has 0 amide bonds. The average Bonchev–Trinajstić information content (AvgIpc) is 2.54. The van der Waals surface area contributed by atoms with E-state index in [0.717, 1.165) is 12.3 Å². The Morgan fingerprint density at radius 3 is 2.62 bits per heavy atom. The third kappa shape index (κ3) is 5.86. The van der Waals surface area contributed by atoms with Gasteiger partial charge in [-0.05, 0) is 57.7 Å². The molecule has 0 aliphatic carbocycles. The molecular formula is C14H29NO. The number of aliphatic hydroxyl groups excluding tert-OH is 1. The highest BCUT2D eigenvalue weighted by Crippen LogP contribution is 2.20. The van der Waals surface area contributed by atoms with Crippen molar-refractivity contribution in [3.8, 4) is 0 Å². The van der Waals surface area contributed by atoms with Crippen LogP contribution in [0, 0.1) is 5.92 Å². The molecule has 1 rings (SSSR count). The summed E-state index contributed by atoms with van der Waals surface area (Å²) in [6.45, 7) is 6.61. The molecule has 1 atom stereocenters. The number of nitrogens with zero attached hydrogens (tertiary/aromatic N) is 1. The van der Waals surface area contributed by atoms with Crippen molar-refractivity contribution in [3.05, 3.63) is 0 Å². The molecule has 1 aliphatic heterocycles. The van der Waals surface area contributed by atoms with Crippen molar-refractivity contribution in [2.24, 2.45) is 5.92 Å². The van der Waals surface area contributed by atoms with Crippen LogP contribution in [0.1, 0.15) is 58.3 Å². The summed E-state index contributed by atoms with van der Waals surface area (Å²) in [5, 5.41) is 8.70. The molecule has 1 unspecified atom stereocenters. The average molecular weight is 227 g/mol. The smallest absolute Gasteiger partial charge is 0.0431 e. The van der Waals surface area contributed by atoms with Crippen LogP contribution in [0.25, 0.3) is 0 Å². The molecule has 0 radical (unpaired) electrons. The maximum absolute atomic E-state index is 8.70. The van der Waals surface area contributed by atoms with E-state index < -0.39 is 0 Å². The van der Waals surface area contributed by atoms with Crippen LogP contribution in [0.15, 0.2) is 0 Å². The second-order valence-electron chi connectivity index (χ2n) is 5.18. The Labute approximate surface area is 101 Å². The van der Waals surface area contributed by atoms with Gasteiger partial charge < -0.3 is 10.0 Å². The van der Waals surface area contributed by atoms with Crippen molar-refractivity contribution in [1.82, 2.24) is 4.90 Å². The lowest BCUT2D eigenvalue weighted by molar-refractivity contribution is 0.263. The van der Waals surface area contributed by atoms with Gasteiger partial charge in [-0.15, -0.1) is 0 Å². The molecule has 0 aromatic heterocycles. The molecule has 1 saturated heterocycles. The van der Waals surface area contributed by atoms with Crippen molar-refractivity contribution >= 4 is 0 Å². The van der Waals surface area contributed by atoms with Crippen molar-refractivity contribution in [3.63, 3.8) is 0 Å². The predicted molar refractivity (Wildman–Crippen MR) is 69.6 cm³/mol. The van der Waals surface area contributed by atoms with Gasteiger partial charge in [0.05, 0.1) is 0 Å². The summed E-state index contributed by atoms with van der Waals surface area (Å²) < 4.78 is 0. The third-order valence-corrected chi connectivity index (χ3v) is 3.90. The molecule has 1 heterocycles. The van der Waals surface area contributed by atoms with E-state index in [0.29, 0.717) is 6.61 Å². The van der Waals surface area contributed by atoms with E-state index >= 15 is 0 Å². The van der Waals surface area contributed by atoms with Gasteiger partial charge in [0.2, 0.25) is 0 Å². The van der Waals surface area contributed by atoms with Gasteiger partial charge in [0.1, 0.15) is 0 Å². The summed E-state index contributed by atoms with van der Waals surface area (Å²) in [6, 6.07) is 0. The maximum atomic E-state index is 8.70. The molecule has 2 heteroatoms. The molecule has 96 valence electrons. The highest BCUT2D eigenvalue weighted by molar-refractivity contribution is 4.69. The summed E-state index contributed by atoms with van der Waals surface area (Å²) in [5.41, 5.74) is 0. The van der Waals surface area contributed by atoms with Crippen molar-refractivity contribution < 1.29 is 5.11 Å². The van der Waals surface area contributed by atoms with Crippen molar-refractivity contribution in [1.29, 1.82) is 0 Å². The minimum Gasteiger partial charge on any atom is -0.396 e. The van der Waals surface area contributed by atoms with E-state index in [1.165, 1.54) is 64.6 Å². The molecule has 1 aliphatic rings. The minimum atomic E-state index is 0.363. The van der Waals surface area contributed by atoms with Gasteiger partial charge in [0, 0.05) is 6.61 Å². The lowest BCUT2D eigenvalue weighted by atomic mass is 9.98. The van der Waals surface area contributed by atoms with E-state index in [4.69, 9.17) is 5.11 Å². The summed E-state index contributed by atoms with van der Waals surface area (Å²) in [4.78, 5) is 2.65. The number of likely N-dealkylation sites (tertiary alicyclic amines) is 1. The first kappa shape index (κ1) is 14.0. The molecule has 0 spiro atoms. The Balaban J connectivity index is 2.03. The van der Waals surface area contributed by atoms with Crippen LogP contribution in [0.4, 0.5) is 0 Å². The molecule has 0 bridgehead atoms. The van der Waals surface area contributed by atoms with Crippen molar-refractivity contribution in [2.45, 2.75) is 58.3 Å². The summed E-state index contributed by atoms with van der Waals surface area (Å²) >= 11 is 0. The highest BCUT2D eigenvalue weighted by Gasteiger charge is 2.14. The fourth-order valence-corrected chi connectivity index (χ4v) is 2.66. The van der Waals surface area contributed by atoms with E-state index in [-0.39, 0.29) is 0 Å². The Kier molecular flexibility index (Phi) is 7.87. The van der Waals surface area contributed by atoms with Gasteiger partial charge in [-0.3, -0.25) is 0 Å². The second-order valence-corrected chi connectivity index (χ2v) is 5.18. The zero-order valence-corrected chi connectivity index (χ0v) is 11.0. The Hall–Kier alpha value is -0.0800. The van der Waals surface area contributed by atoms with Gasteiger partial charge in [-0.25, -0.2) is 0 Å². The summed E-state index contributed by atoms with van der Waals surface area (Å²) in [7, 11) is 0. The lowest BCUT2D eigenvalue weighted by Gasteiger charge is -2.19. The number of aliphatic hydroxyl groups is 1. The van der Waals surface area contributed by atoms with Crippen LogP contribution in [-0.4, -0.2) is 36.2 Å². The maximum Gasteiger partial charge on any atom is 0.0431 e. The van der Waals surface area contributed by atoms with E-state index in [1.54, 1.807) is 0 Å². The van der Waals surface area contributed by atoms with Gasteiger partial charge in [-0.1, -0.05) is 26.2 Å². The van der Waals surface area contributed by atoms with Gasteiger partial charge in [0.15, 0.2) is 0 Å². The Bertz CT molecular complexity index is 161. The lowest BCUT2D eigenvalue weighted by Crippen LogP contribution is -2.26. The molecule has 1 N–H and O–H groups in total. The monoisotopic (exact) mass is 227 g/mol. The summed E-state index contributed by atoms with van der Waals surface area (Å²) in [5.74, 6) is 0.986. The predicted octanol–water partition coefficient (Wildman–Crippen LogP) is 3.05. The third-order valence-electron chi connectivity index (χ3n) is 3.90. The number of rotatable bonds is 7. The fraction of sp³-hybridized carbons (Fsp3) is 1.00. The fourth-order valence-electron chi connectivity index (χ4n) is 2.66. The number of unbranched alkanes of at least 4 members (excludes halogenated alkanes) is 3. The molecular weight excluding hydrogens is 198 g/mol. The normalized spacial score (nSPS) is 23.2. The zero-order valence-electron chi connectivity index (χ0n) is 11.0. The Morgan fingerprint density at radius 2 is 1.88 bits per heavy atom. The van der Waals surface area contributed by atoms with Crippen LogP contribution < -0.4 is 0 Å². The molecule has 0 aromatic carbocycles. The molecule has 1 fully saturated rings. The zero-order chi connectivity index (χ0) is 11.6. The molecule has 16 heavy (non-hydrogen) atoms. The summed E-state index contributed by atoms with van der Waals surface area (Å²) in [6.07, 6.45) is 10.4. The van der Waals surface area contributed by atoms with Gasteiger partial charge in [-0.2, -0.15) is 0 Å². The minimum absolute atomic E-state index is 0.363. The van der Waals surface area contributed by atoms with Crippen LogP contribution in [0.3, 0.4) is 0 Å². The first-order chi connectivity index (χ1) is 7.86. The standard InChI is InChI=1S/C14H29NO/c1-2-14-8-7-11-15(12-9-14)10-5-3-4-6-13-16/h14,16H,2-13H2,1H3.